The third-order valence-electron chi connectivity index (χ3n) is 3.62. The summed E-state index contributed by atoms with van der Waals surface area (Å²) in [4.78, 5) is -0.213. The fourth-order valence-electron chi connectivity index (χ4n) is 2.37. The van der Waals surface area contributed by atoms with Gasteiger partial charge in [-0.05, 0) is 35.1 Å². The fourth-order valence-corrected chi connectivity index (χ4v) is 4.05. The summed E-state index contributed by atoms with van der Waals surface area (Å²) in [6, 6.07) is 12.6. The molecular formula is C18H22Na2O6S2. The molecule has 10 heteroatoms. The second kappa shape index (κ2) is 12.8. The first-order chi connectivity index (χ1) is 11.9. The van der Waals surface area contributed by atoms with E-state index >= 15 is 0 Å². The molecule has 28 heavy (non-hydrogen) atoms. The minimum absolute atomic E-state index is 0. The maximum atomic E-state index is 10.8. The summed E-state index contributed by atoms with van der Waals surface area (Å²) in [6.07, 6.45) is 0. The van der Waals surface area contributed by atoms with Crippen LogP contribution in [-0.4, -0.2) is 25.9 Å². The van der Waals surface area contributed by atoms with E-state index in [9.17, 15) is 25.9 Å². The number of benzene rings is 2. The van der Waals surface area contributed by atoms with Gasteiger partial charge in [0.15, 0.2) is 0 Å². The van der Waals surface area contributed by atoms with Crippen molar-refractivity contribution in [3.8, 4) is 0 Å². The molecule has 0 N–H and O–H groups in total. The zero-order valence-corrected chi connectivity index (χ0v) is 22.7. The first kappa shape index (κ1) is 30.5. The summed E-state index contributed by atoms with van der Waals surface area (Å²) >= 11 is 0. The maximum Gasteiger partial charge on any atom is 1.00 e. The van der Waals surface area contributed by atoms with Crippen LogP contribution in [-0.2, 0) is 20.2 Å². The second-order valence-electron chi connectivity index (χ2n) is 6.29. The molecule has 0 aliphatic rings. The number of hydrogen-bond acceptors (Lipinski definition) is 6. The summed E-state index contributed by atoms with van der Waals surface area (Å²) in [5.74, 6) is 0.0832. The Labute approximate surface area is 212 Å². The zero-order chi connectivity index (χ0) is 20.1. The Kier molecular flexibility index (Phi) is 14.0. The van der Waals surface area contributed by atoms with Gasteiger partial charge in [0.1, 0.15) is 20.2 Å². The van der Waals surface area contributed by atoms with Crippen molar-refractivity contribution < 1.29 is 85.1 Å². The molecule has 0 bridgehead atoms. The van der Waals surface area contributed by atoms with Crippen LogP contribution in [0.3, 0.4) is 0 Å². The molecule has 0 spiro atoms. The van der Waals surface area contributed by atoms with E-state index in [0.29, 0.717) is 11.1 Å². The van der Waals surface area contributed by atoms with E-state index < -0.39 is 20.2 Å². The van der Waals surface area contributed by atoms with Gasteiger partial charge < -0.3 is 9.11 Å². The summed E-state index contributed by atoms with van der Waals surface area (Å²) < 4.78 is 64.8. The van der Waals surface area contributed by atoms with Gasteiger partial charge in [0.05, 0.1) is 9.79 Å². The standard InChI is InChI=1S/2C9H12O3S.2Na/c2*1-7(2)8-5-3-4-6-9(8)13(10,11)12;;/h2*3-7H,1-2H3,(H,10,11,12);;/q;;2*+1/p-2. The third-order valence-corrected chi connectivity index (χ3v) is 5.44. The van der Waals surface area contributed by atoms with E-state index in [1.54, 1.807) is 36.4 Å². The van der Waals surface area contributed by atoms with Crippen LogP contribution in [0.15, 0.2) is 58.3 Å². The van der Waals surface area contributed by atoms with E-state index in [4.69, 9.17) is 0 Å². The second-order valence-corrected chi connectivity index (χ2v) is 8.99. The molecule has 0 amide bonds. The average Bonchev–Trinajstić information content (AvgIpc) is 2.54. The molecule has 6 nitrogen and oxygen atoms in total. The van der Waals surface area contributed by atoms with Crippen LogP contribution >= 0.6 is 0 Å². The molecular weight excluding hydrogens is 422 g/mol. The molecule has 144 valence electrons. The molecule has 0 saturated heterocycles. The predicted molar refractivity (Wildman–Crippen MR) is 97.0 cm³/mol. The summed E-state index contributed by atoms with van der Waals surface area (Å²) in [5.41, 5.74) is 1.16. The van der Waals surface area contributed by atoms with Gasteiger partial charge in [0.25, 0.3) is 0 Å². The molecule has 2 rings (SSSR count). The molecule has 0 radical (unpaired) electrons. The van der Waals surface area contributed by atoms with Crippen LogP contribution in [0.1, 0.15) is 50.7 Å². The van der Waals surface area contributed by atoms with Crippen molar-refractivity contribution in [3.63, 3.8) is 0 Å². The summed E-state index contributed by atoms with van der Waals surface area (Å²) in [5, 5.41) is 0. The Bertz CT molecular complexity index is 876. The van der Waals surface area contributed by atoms with Gasteiger partial charge in [-0.3, -0.25) is 0 Å². The molecule has 0 saturated carbocycles. The van der Waals surface area contributed by atoms with Crippen LogP contribution in [0, 0.1) is 0 Å². The first-order valence-electron chi connectivity index (χ1n) is 7.95. The molecule has 2 aromatic rings. The normalized spacial score (nSPS) is 11.1. The Morgan fingerprint density at radius 1 is 0.607 bits per heavy atom. The van der Waals surface area contributed by atoms with E-state index in [0.717, 1.165) is 0 Å². The summed E-state index contributed by atoms with van der Waals surface area (Å²) in [6.45, 7) is 7.40. The van der Waals surface area contributed by atoms with Gasteiger partial charge in [-0.25, -0.2) is 16.8 Å². The van der Waals surface area contributed by atoms with Crippen LogP contribution in [0.2, 0.25) is 0 Å². The van der Waals surface area contributed by atoms with E-state index in [-0.39, 0.29) is 80.7 Å². The average molecular weight is 444 g/mol. The van der Waals surface area contributed by atoms with Gasteiger partial charge in [-0.15, -0.1) is 0 Å². The van der Waals surface area contributed by atoms with Gasteiger partial charge in [0, 0.05) is 0 Å². The molecule has 0 fully saturated rings. The van der Waals surface area contributed by atoms with Crippen molar-refractivity contribution in [1.82, 2.24) is 0 Å². The predicted octanol–water partition coefficient (Wildman–Crippen LogP) is -2.56. The van der Waals surface area contributed by atoms with E-state index in [2.05, 4.69) is 0 Å². The molecule has 0 aliphatic heterocycles. The van der Waals surface area contributed by atoms with Crippen molar-refractivity contribution in [3.05, 3.63) is 59.7 Å². The van der Waals surface area contributed by atoms with Crippen LogP contribution < -0.4 is 59.1 Å². The molecule has 0 aliphatic carbocycles. The van der Waals surface area contributed by atoms with Crippen LogP contribution in [0.25, 0.3) is 0 Å². The first-order valence-corrected chi connectivity index (χ1v) is 10.8. The maximum absolute atomic E-state index is 10.8. The molecule has 0 atom stereocenters. The minimum atomic E-state index is -4.33. The quantitative estimate of drug-likeness (QED) is 0.379. The van der Waals surface area contributed by atoms with Crippen LogP contribution in [0.5, 0.6) is 0 Å². The topological polar surface area (TPSA) is 114 Å². The minimum Gasteiger partial charge on any atom is -0.744 e. The zero-order valence-electron chi connectivity index (χ0n) is 17.0. The van der Waals surface area contributed by atoms with Crippen molar-refractivity contribution >= 4 is 20.2 Å². The molecule has 0 aromatic heterocycles. The molecule has 2 aromatic carbocycles. The Morgan fingerprint density at radius 3 is 1.04 bits per heavy atom. The number of rotatable bonds is 4. The molecule has 0 heterocycles. The summed E-state index contributed by atoms with van der Waals surface area (Å²) in [7, 11) is -8.66. The van der Waals surface area contributed by atoms with Crippen molar-refractivity contribution in [2.45, 2.75) is 49.3 Å². The Hall–Kier alpha value is 0.260. The Morgan fingerprint density at radius 2 is 0.857 bits per heavy atom. The fraction of sp³-hybridized carbons (Fsp3) is 0.333. The van der Waals surface area contributed by atoms with Gasteiger partial charge in [0.2, 0.25) is 0 Å². The third kappa shape index (κ3) is 9.38. The van der Waals surface area contributed by atoms with Crippen molar-refractivity contribution in [1.29, 1.82) is 0 Å². The number of hydrogen-bond donors (Lipinski definition) is 0. The molecule has 0 unspecified atom stereocenters. The van der Waals surface area contributed by atoms with Gasteiger partial charge >= 0.3 is 59.1 Å². The largest absolute Gasteiger partial charge is 1.00 e. The van der Waals surface area contributed by atoms with Crippen molar-refractivity contribution in [2.24, 2.45) is 0 Å². The van der Waals surface area contributed by atoms with Crippen LogP contribution in [0.4, 0.5) is 0 Å². The SMILES string of the molecule is CC(C)c1ccccc1S(=O)(=O)[O-].CC(C)c1ccccc1S(=O)(=O)[O-].[Na+].[Na+]. The van der Waals surface area contributed by atoms with E-state index in [1.807, 2.05) is 27.7 Å². The van der Waals surface area contributed by atoms with Gasteiger partial charge in [-0.2, -0.15) is 0 Å². The Balaban J connectivity index is 0. The monoisotopic (exact) mass is 444 g/mol. The van der Waals surface area contributed by atoms with Gasteiger partial charge in [-0.1, -0.05) is 64.1 Å². The smallest absolute Gasteiger partial charge is 0.744 e. The van der Waals surface area contributed by atoms with Crippen molar-refractivity contribution in [2.75, 3.05) is 0 Å². The van der Waals surface area contributed by atoms with E-state index in [1.165, 1.54) is 12.1 Å².